The molecule has 0 rings (SSSR count). The molecule has 0 aromatic rings. The zero-order valence-electron chi connectivity index (χ0n) is 8.13. The quantitative estimate of drug-likeness (QED) is 0.565. The highest BCUT2D eigenvalue weighted by molar-refractivity contribution is 5.83. The number of rotatable bonds is 4. The Morgan fingerprint density at radius 1 is 1.54 bits per heavy atom. The number of amides is 1. The number of nitrogens with two attached hydrogens (primary N) is 1. The van der Waals surface area contributed by atoms with Crippen LogP contribution >= 0.6 is 0 Å². The Kier molecular flexibility index (Phi) is 3.87. The number of nitrogens with one attached hydrogen (secondary N) is 1. The highest BCUT2D eigenvalue weighted by atomic mass is 16.4. The summed E-state index contributed by atoms with van der Waals surface area (Å²) in [5.74, 6) is -1.40. The van der Waals surface area contributed by atoms with Gasteiger partial charge in [-0.3, -0.25) is 9.59 Å². The summed E-state index contributed by atoms with van der Waals surface area (Å²) in [5, 5.41) is 10.8. The Balaban J connectivity index is 3.96. The van der Waals surface area contributed by atoms with E-state index in [1.807, 2.05) is 0 Å². The zero-order valence-corrected chi connectivity index (χ0v) is 8.13. The van der Waals surface area contributed by atoms with Crippen molar-refractivity contribution >= 4 is 11.9 Å². The van der Waals surface area contributed by atoms with Gasteiger partial charge in [-0.25, -0.2) is 0 Å². The number of carboxylic acids is 1. The molecule has 0 aromatic heterocycles. The number of carbonyl (C=O) groups is 2. The standard InChI is InChI=1S/C8H16N2O3/c1-5(7(12)13)10-6(11)4-8(2,3)9/h5H,4,9H2,1-3H3,(H,10,11)(H,12,13)/t5-/m1/s1. The van der Waals surface area contributed by atoms with Crippen molar-refractivity contribution in [2.24, 2.45) is 5.73 Å². The van der Waals surface area contributed by atoms with Gasteiger partial charge in [0.25, 0.3) is 0 Å². The maximum atomic E-state index is 11.1. The third kappa shape index (κ3) is 6.10. The molecule has 0 heterocycles. The number of carbonyl (C=O) groups excluding carboxylic acids is 1. The summed E-state index contributed by atoms with van der Waals surface area (Å²) in [5.41, 5.74) is 4.97. The molecule has 0 spiro atoms. The molecular weight excluding hydrogens is 172 g/mol. The van der Waals surface area contributed by atoms with Crippen LogP contribution in [-0.4, -0.2) is 28.6 Å². The number of hydrogen-bond acceptors (Lipinski definition) is 3. The van der Waals surface area contributed by atoms with Crippen LogP contribution in [0.5, 0.6) is 0 Å². The van der Waals surface area contributed by atoms with E-state index in [0.717, 1.165) is 0 Å². The number of carboxylic acid groups (broad SMARTS) is 1. The second-order valence-corrected chi connectivity index (χ2v) is 3.79. The first-order chi connectivity index (χ1) is 5.72. The molecule has 0 bridgehead atoms. The highest BCUT2D eigenvalue weighted by Gasteiger charge is 2.19. The first kappa shape index (κ1) is 11.9. The van der Waals surface area contributed by atoms with Gasteiger partial charge in [0.15, 0.2) is 0 Å². The van der Waals surface area contributed by atoms with Crippen molar-refractivity contribution in [3.8, 4) is 0 Å². The molecule has 0 fully saturated rings. The molecule has 0 aromatic carbocycles. The van der Waals surface area contributed by atoms with E-state index in [0.29, 0.717) is 0 Å². The van der Waals surface area contributed by atoms with Crippen molar-refractivity contribution in [3.63, 3.8) is 0 Å². The van der Waals surface area contributed by atoms with E-state index >= 15 is 0 Å². The van der Waals surface area contributed by atoms with E-state index in [9.17, 15) is 9.59 Å². The van der Waals surface area contributed by atoms with Gasteiger partial charge >= 0.3 is 5.97 Å². The molecule has 1 atom stereocenters. The van der Waals surface area contributed by atoms with Gasteiger partial charge < -0.3 is 16.2 Å². The van der Waals surface area contributed by atoms with Crippen LogP contribution in [-0.2, 0) is 9.59 Å². The topological polar surface area (TPSA) is 92.4 Å². The monoisotopic (exact) mass is 188 g/mol. The van der Waals surface area contributed by atoms with Crippen LogP contribution in [0, 0.1) is 0 Å². The van der Waals surface area contributed by atoms with Gasteiger partial charge in [0.2, 0.25) is 5.91 Å². The first-order valence-electron chi connectivity index (χ1n) is 4.03. The Morgan fingerprint density at radius 2 is 2.00 bits per heavy atom. The van der Waals surface area contributed by atoms with E-state index in [-0.39, 0.29) is 12.3 Å². The Labute approximate surface area is 77.3 Å². The maximum Gasteiger partial charge on any atom is 0.325 e. The molecule has 0 unspecified atom stereocenters. The lowest BCUT2D eigenvalue weighted by atomic mass is 10.0. The summed E-state index contributed by atoms with van der Waals surface area (Å²) < 4.78 is 0. The summed E-state index contributed by atoms with van der Waals surface area (Å²) in [7, 11) is 0. The molecule has 5 heteroatoms. The van der Waals surface area contributed by atoms with Gasteiger partial charge in [-0.2, -0.15) is 0 Å². The summed E-state index contributed by atoms with van der Waals surface area (Å²) in [6.45, 7) is 4.82. The highest BCUT2D eigenvalue weighted by Crippen LogP contribution is 2.02. The maximum absolute atomic E-state index is 11.1. The fourth-order valence-electron chi connectivity index (χ4n) is 0.768. The molecule has 5 nitrogen and oxygen atoms in total. The SMILES string of the molecule is C[C@@H](NC(=O)CC(C)(C)N)C(=O)O. The third-order valence-electron chi connectivity index (χ3n) is 1.36. The van der Waals surface area contributed by atoms with Gasteiger partial charge in [-0.1, -0.05) is 0 Å². The van der Waals surface area contributed by atoms with Crippen molar-refractivity contribution in [3.05, 3.63) is 0 Å². The van der Waals surface area contributed by atoms with E-state index in [2.05, 4.69) is 5.32 Å². The lowest BCUT2D eigenvalue weighted by Crippen LogP contribution is -2.44. The molecule has 4 N–H and O–H groups in total. The number of hydrogen-bond donors (Lipinski definition) is 3. The largest absolute Gasteiger partial charge is 0.480 e. The Morgan fingerprint density at radius 3 is 2.31 bits per heavy atom. The summed E-state index contributed by atoms with van der Waals surface area (Å²) >= 11 is 0. The average molecular weight is 188 g/mol. The van der Waals surface area contributed by atoms with E-state index < -0.39 is 17.6 Å². The minimum atomic E-state index is -1.05. The van der Waals surface area contributed by atoms with Crippen LogP contribution in [0.1, 0.15) is 27.2 Å². The van der Waals surface area contributed by atoms with Crippen molar-refractivity contribution in [2.45, 2.75) is 38.8 Å². The molecular formula is C8H16N2O3. The fourth-order valence-corrected chi connectivity index (χ4v) is 0.768. The van der Waals surface area contributed by atoms with Crippen LogP contribution in [0.3, 0.4) is 0 Å². The molecule has 76 valence electrons. The molecule has 0 aliphatic carbocycles. The summed E-state index contributed by atoms with van der Waals surface area (Å²) in [4.78, 5) is 21.5. The normalized spacial score (nSPS) is 13.5. The predicted molar refractivity (Wildman–Crippen MR) is 48.1 cm³/mol. The lowest BCUT2D eigenvalue weighted by Gasteiger charge is -2.18. The average Bonchev–Trinajstić information content (AvgIpc) is 1.81. The fraction of sp³-hybridized carbons (Fsp3) is 0.750. The van der Waals surface area contributed by atoms with Crippen LogP contribution in [0.15, 0.2) is 0 Å². The van der Waals surface area contributed by atoms with Crippen LogP contribution in [0.25, 0.3) is 0 Å². The van der Waals surface area contributed by atoms with Crippen molar-refractivity contribution in [1.29, 1.82) is 0 Å². The van der Waals surface area contributed by atoms with Crippen LogP contribution < -0.4 is 11.1 Å². The molecule has 0 saturated heterocycles. The minimum absolute atomic E-state index is 0.116. The minimum Gasteiger partial charge on any atom is -0.480 e. The Bertz CT molecular complexity index is 208. The van der Waals surface area contributed by atoms with Gasteiger partial charge in [-0.05, 0) is 20.8 Å². The van der Waals surface area contributed by atoms with Crippen molar-refractivity contribution in [2.75, 3.05) is 0 Å². The van der Waals surface area contributed by atoms with E-state index in [4.69, 9.17) is 10.8 Å². The lowest BCUT2D eigenvalue weighted by molar-refractivity contribution is -0.141. The van der Waals surface area contributed by atoms with Gasteiger partial charge in [-0.15, -0.1) is 0 Å². The number of aliphatic carboxylic acids is 1. The second kappa shape index (κ2) is 4.23. The molecule has 1 amide bonds. The van der Waals surface area contributed by atoms with E-state index in [1.165, 1.54) is 6.92 Å². The van der Waals surface area contributed by atoms with Gasteiger partial charge in [0.05, 0.1) is 0 Å². The molecule has 0 radical (unpaired) electrons. The van der Waals surface area contributed by atoms with E-state index in [1.54, 1.807) is 13.8 Å². The summed E-state index contributed by atoms with van der Waals surface area (Å²) in [6, 6.07) is -0.866. The molecule has 0 aliphatic rings. The van der Waals surface area contributed by atoms with Crippen molar-refractivity contribution < 1.29 is 14.7 Å². The molecule has 0 saturated carbocycles. The molecule has 13 heavy (non-hydrogen) atoms. The predicted octanol–water partition coefficient (Wildman–Crippen LogP) is -0.297. The Hall–Kier alpha value is -1.10. The smallest absolute Gasteiger partial charge is 0.325 e. The third-order valence-corrected chi connectivity index (χ3v) is 1.36. The molecule has 0 aliphatic heterocycles. The van der Waals surface area contributed by atoms with Gasteiger partial charge in [0.1, 0.15) is 6.04 Å². The second-order valence-electron chi connectivity index (χ2n) is 3.79. The van der Waals surface area contributed by atoms with Gasteiger partial charge in [0, 0.05) is 12.0 Å². The van der Waals surface area contributed by atoms with Crippen LogP contribution in [0.2, 0.25) is 0 Å². The zero-order chi connectivity index (χ0) is 10.6. The first-order valence-corrected chi connectivity index (χ1v) is 4.03. The van der Waals surface area contributed by atoms with Crippen molar-refractivity contribution in [1.82, 2.24) is 5.32 Å². The summed E-state index contributed by atoms with van der Waals surface area (Å²) in [6.07, 6.45) is 0.116. The van der Waals surface area contributed by atoms with Crippen LogP contribution in [0.4, 0.5) is 0 Å².